The second kappa shape index (κ2) is 4.70. The molecule has 1 aliphatic heterocycles. The Balaban J connectivity index is 2.22. The maximum absolute atomic E-state index is 10.6. The van der Waals surface area contributed by atoms with E-state index in [0.717, 1.165) is 6.42 Å². The molecule has 0 spiro atoms. The number of aromatic nitrogens is 1. The number of nitrogens with zero attached hydrogens (tertiary/aromatic N) is 2. The molecule has 98 valence electrons. The molecule has 6 nitrogen and oxygen atoms in total. The van der Waals surface area contributed by atoms with Crippen molar-refractivity contribution in [2.45, 2.75) is 31.9 Å². The Morgan fingerprint density at radius 3 is 2.94 bits per heavy atom. The molecule has 1 aromatic rings. The Morgan fingerprint density at radius 1 is 1.72 bits per heavy atom. The van der Waals surface area contributed by atoms with Crippen molar-refractivity contribution >= 4 is 23.1 Å². The number of anilines is 1. The summed E-state index contributed by atoms with van der Waals surface area (Å²) in [6.45, 7) is 4.67. The van der Waals surface area contributed by atoms with E-state index in [0.29, 0.717) is 12.4 Å². The summed E-state index contributed by atoms with van der Waals surface area (Å²) in [6, 6.07) is 1.29. The molecule has 0 aromatic carbocycles. The molecule has 0 aliphatic carbocycles. The highest BCUT2D eigenvalue weighted by atomic mass is 35.5. The molecule has 0 bridgehead atoms. The van der Waals surface area contributed by atoms with Crippen LogP contribution in [-0.2, 0) is 4.74 Å². The molecule has 0 saturated carbocycles. The van der Waals surface area contributed by atoms with E-state index in [4.69, 9.17) is 16.3 Å². The van der Waals surface area contributed by atoms with Crippen LogP contribution in [0, 0.1) is 10.1 Å². The zero-order valence-electron chi connectivity index (χ0n) is 10.1. The molecule has 1 aliphatic rings. The lowest BCUT2D eigenvalue weighted by Gasteiger charge is -2.29. The van der Waals surface area contributed by atoms with Crippen molar-refractivity contribution in [2.24, 2.45) is 0 Å². The minimum atomic E-state index is -0.522. The first-order valence-corrected chi connectivity index (χ1v) is 6.00. The molecule has 2 heterocycles. The second-order valence-electron chi connectivity index (χ2n) is 4.59. The first-order chi connectivity index (χ1) is 8.42. The van der Waals surface area contributed by atoms with Gasteiger partial charge in [0.05, 0.1) is 21.6 Å². The standard InChI is InChI=1S/C11H14ClN3O3/c1-7-11(2,3-4-18-7)14-10-9(12)5-8(6-13-10)15(16)17/h5-7H,3-4H2,1-2H3,(H,13,14). The van der Waals surface area contributed by atoms with Crippen LogP contribution in [0.5, 0.6) is 0 Å². The Bertz CT molecular complexity index is 483. The topological polar surface area (TPSA) is 77.3 Å². The van der Waals surface area contributed by atoms with Crippen LogP contribution in [0.2, 0.25) is 5.02 Å². The van der Waals surface area contributed by atoms with Crippen LogP contribution in [0.3, 0.4) is 0 Å². The van der Waals surface area contributed by atoms with E-state index in [1.54, 1.807) is 0 Å². The number of rotatable bonds is 3. The Morgan fingerprint density at radius 2 is 2.44 bits per heavy atom. The third-order valence-corrected chi connectivity index (χ3v) is 3.62. The van der Waals surface area contributed by atoms with Crippen LogP contribution in [-0.4, -0.2) is 28.2 Å². The van der Waals surface area contributed by atoms with Crippen LogP contribution in [0.15, 0.2) is 12.3 Å². The Kier molecular flexibility index (Phi) is 3.41. The number of nitrogens with one attached hydrogen (secondary N) is 1. The maximum atomic E-state index is 10.6. The van der Waals surface area contributed by atoms with Gasteiger partial charge < -0.3 is 10.1 Å². The predicted molar refractivity (Wildman–Crippen MR) is 68.0 cm³/mol. The van der Waals surface area contributed by atoms with E-state index < -0.39 is 4.92 Å². The zero-order chi connectivity index (χ0) is 13.3. The highest BCUT2D eigenvalue weighted by Gasteiger charge is 2.37. The minimum absolute atomic E-state index is 0.0329. The van der Waals surface area contributed by atoms with Crippen LogP contribution >= 0.6 is 11.6 Å². The molecule has 7 heteroatoms. The highest BCUT2D eigenvalue weighted by molar-refractivity contribution is 6.33. The van der Waals surface area contributed by atoms with Crippen molar-refractivity contribution < 1.29 is 9.66 Å². The summed E-state index contributed by atoms with van der Waals surface area (Å²) in [4.78, 5) is 14.1. The fourth-order valence-electron chi connectivity index (χ4n) is 1.89. The monoisotopic (exact) mass is 271 g/mol. The average molecular weight is 272 g/mol. The molecule has 1 fully saturated rings. The van der Waals surface area contributed by atoms with Crippen LogP contribution in [0.25, 0.3) is 0 Å². The summed E-state index contributed by atoms with van der Waals surface area (Å²) in [5.41, 5.74) is -0.376. The summed E-state index contributed by atoms with van der Waals surface area (Å²) in [7, 11) is 0. The maximum Gasteiger partial charge on any atom is 0.289 e. The summed E-state index contributed by atoms with van der Waals surface area (Å²) < 4.78 is 5.50. The van der Waals surface area contributed by atoms with Gasteiger partial charge in [0, 0.05) is 12.7 Å². The molecule has 2 rings (SSSR count). The van der Waals surface area contributed by atoms with Crippen molar-refractivity contribution in [2.75, 3.05) is 11.9 Å². The molecule has 1 saturated heterocycles. The van der Waals surface area contributed by atoms with Gasteiger partial charge in [-0.05, 0) is 20.3 Å². The van der Waals surface area contributed by atoms with Gasteiger partial charge in [0.2, 0.25) is 0 Å². The largest absolute Gasteiger partial charge is 0.376 e. The fraction of sp³-hybridized carbons (Fsp3) is 0.545. The third kappa shape index (κ3) is 2.39. The van der Waals surface area contributed by atoms with E-state index in [-0.39, 0.29) is 22.4 Å². The van der Waals surface area contributed by atoms with Crippen molar-refractivity contribution in [1.82, 2.24) is 4.98 Å². The molecule has 1 N–H and O–H groups in total. The highest BCUT2D eigenvalue weighted by Crippen LogP contribution is 2.32. The molecule has 1 aromatic heterocycles. The molecule has 2 unspecified atom stereocenters. The van der Waals surface area contributed by atoms with Gasteiger partial charge in [-0.2, -0.15) is 0 Å². The SMILES string of the molecule is CC1OCCC1(C)Nc1ncc([N+](=O)[O-])cc1Cl. The normalized spacial score (nSPS) is 27.2. The van der Waals surface area contributed by atoms with Crippen molar-refractivity contribution in [3.05, 3.63) is 27.4 Å². The number of hydrogen-bond acceptors (Lipinski definition) is 5. The minimum Gasteiger partial charge on any atom is -0.376 e. The summed E-state index contributed by atoms with van der Waals surface area (Å²) in [5, 5.41) is 14.0. The van der Waals surface area contributed by atoms with Crippen LogP contribution < -0.4 is 5.32 Å². The van der Waals surface area contributed by atoms with Crippen LogP contribution in [0.4, 0.5) is 11.5 Å². The lowest BCUT2D eigenvalue weighted by molar-refractivity contribution is -0.385. The van der Waals surface area contributed by atoms with Gasteiger partial charge in [-0.15, -0.1) is 0 Å². The number of pyridine rings is 1. The van der Waals surface area contributed by atoms with Gasteiger partial charge in [0.15, 0.2) is 0 Å². The van der Waals surface area contributed by atoms with Crippen molar-refractivity contribution in [1.29, 1.82) is 0 Å². The third-order valence-electron chi connectivity index (χ3n) is 3.33. The van der Waals surface area contributed by atoms with Gasteiger partial charge in [0.1, 0.15) is 12.0 Å². The number of halogens is 1. The lowest BCUT2D eigenvalue weighted by Crippen LogP contribution is -2.41. The van der Waals surface area contributed by atoms with Gasteiger partial charge in [0.25, 0.3) is 5.69 Å². The first kappa shape index (κ1) is 13.0. The average Bonchev–Trinajstić information content (AvgIpc) is 2.62. The smallest absolute Gasteiger partial charge is 0.289 e. The predicted octanol–water partition coefficient (Wildman–Crippen LogP) is 2.62. The summed E-state index contributed by atoms with van der Waals surface area (Å²) in [6.07, 6.45) is 2.06. The summed E-state index contributed by atoms with van der Waals surface area (Å²) in [5.74, 6) is 0.446. The number of hydrogen-bond donors (Lipinski definition) is 1. The molecular weight excluding hydrogens is 258 g/mol. The second-order valence-corrected chi connectivity index (χ2v) is 4.99. The van der Waals surface area contributed by atoms with Gasteiger partial charge in [-0.25, -0.2) is 4.98 Å². The van der Waals surface area contributed by atoms with E-state index in [2.05, 4.69) is 10.3 Å². The van der Waals surface area contributed by atoms with Gasteiger partial charge in [-0.1, -0.05) is 11.6 Å². The molecular formula is C11H14ClN3O3. The quantitative estimate of drug-likeness (QED) is 0.675. The van der Waals surface area contributed by atoms with Gasteiger partial charge >= 0.3 is 0 Å². The molecule has 0 radical (unpaired) electrons. The zero-order valence-corrected chi connectivity index (χ0v) is 10.9. The summed E-state index contributed by atoms with van der Waals surface area (Å²) >= 11 is 5.99. The molecule has 2 atom stereocenters. The Labute approximate surface area is 109 Å². The van der Waals surface area contributed by atoms with E-state index in [9.17, 15) is 10.1 Å². The van der Waals surface area contributed by atoms with Crippen molar-refractivity contribution in [3.8, 4) is 0 Å². The lowest BCUT2D eigenvalue weighted by atomic mass is 9.95. The van der Waals surface area contributed by atoms with Gasteiger partial charge in [-0.3, -0.25) is 10.1 Å². The van der Waals surface area contributed by atoms with E-state index in [1.807, 2.05) is 13.8 Å². The number of ether oxygens (including phenoxy) is 1. The Hall–Kier alpha value is -1.40. The first-order valence-electron chi connectivity index (χ1n) is 5.62. The fourth-order valence-corrected chi connectivity index (χ4v) is 2.10. The van der Waals surface area contributed by atoms with Crippen molar-refractivity contribution in [3.63, 3.8) is 0 Å². The molecule has 0 amide bonds. The van der Waals surface area contributed by atoms with Crippen LogP contribution in [0.1, 0.15) is 20.3 Å². The van der Waals surface area contributed by atoms with E-state index >= 15 is 0 Å². The number of nitro groups is 1. The molecule has 18 heavy (non-hydrogen) atoms. The van der Waals surface area contributed by atoms with E-state index in [1.165, 1.54) is 12.3 Å².